The van der Waals surface area contributed by atoms with E-state index in [0.717, 1.165) is 5.56 Å². The standard InChI is InChI=1S/C15H20N2O4/c1-2-6-14(19)17-12(9-13(16)18)15(20)21-10-11-7-4-3-5-8-11/h3-5,7-8,12H,2,6,9-10H2,1H3,(H2,16,18)(H,17,19)/t12-/m1/s1. The van der Waals surface area contributed by atoms with Crippen molar-refractivity contribution in [1.29, 1.82) is 0 Å². The third kappa shape index (κ3) is 6.56. The lowest BCUT2D eigenvalue weighted by atomic mass is 10.2. The molecule has 6 nitrogen and oxygen atoms in total. The molecule has 0 bridgehead atoms. The second kappa shape index (κ2) is 8.73. The first-order valence-electron chi connectivity index (χ1n) is 6.81. The fourth-order valence-electron chi connectivity index (χ4n) is 1.72. The van der Waals surface area contributed by atoms with Crippen LogP contribution in [0.2, 0.25) is 0 Å². The summed E-state index contributed by atoms with van der Waals surface area (Å²) in [5.74, 6) is -1.64. The predicted molar refractivity (Wildman–Crippen MR) is 76.9 cm³/mol. The normalized spacial score (nSPS) is 11.5. The van der Waals surface area contributed by atoms with Crippen molar-refractivity contribution in [1.82, 2.24) is 5.32 Å². The van der Waals surface area contributed by atoms with Gasteiger partial charge >= 0.3 is 5.97 Å². The second-order valence-electron chi connectivity index (χ2n) is 4.63. The molecule has 1 aromatic carbocycles. The number of carbonyl (C=O) groups is 3. The minimum Gasteiger partial charge on any atom is -0.459 e. The maximum absolute atomic E-state index is 11.9. The lowest BCUT2D eigenvalue weighted by Gasteiger charge is -2.16. The van der Waals surface area contributed by atoms with E-state index in [-0.39, 0.29) is 25.4 Å². The van der Waals surface area contributed by atoms with Gasteiger partial charge in [-0.3, -0.25) is 9.59 Å². The minimum atomic E-state index is -1.04. The number of amides is 2. The number of rotatable bonds is 8. The van der Waals surface area contributed by atoms with Gasteiger partial charge in [-0.15, -0.1) is 0 Å². The van der Waals surface area contributed by atoms with Crippen LogP contribution in [0.25, 0.3) is 0 Å². The topological polar surface area (TPSA) is 98.5 Å². The maximum atomic E-state index is 11.9. The second-order valence-corrected chi connectivity index (χ2v) is 4.63. The first-order chi connectivity index (χ1) is 10.0. The van der Waals surface area contributed by atoms with Gasteiger partial charge in [-0.1, -0.05) is 37.3 Å². The zero-order chi connectivity index (χ0) is 15.7. The van der Waals surface area contributed by atoms with Crippen LogP contribution < -0.4 is 11.1 Å². The molecule has 0 aliphatic carbocycles. The van der Waals surface area contributed by atoms with Gasteiger partial charge in [-0.05, 0) is 12.0 Å². The highest BCUT2D eigenvalue weighted by Crippen LogP contribution is 2.04. The van der Waals surface area contributed by atoms with Crippen molar-refractivity contribution in [3.8, 4) is 0 Å². The molecule has 0 fully saturated rings. The zero-order valence-electron chi connectivity index (χ0n) is 12.0. The van der Waals surface area contributed by atoms with E-state index < -0.39 is 17.9 Å². The van der Waals surface area contributed by atoms with Crippen LogP contribution in [0.15, 0.2) is 30.3 Å². The van der Waals surface area contributed by atoms with Gasteiger partial charge in [0.15, 0.2) is 0 Å². The van der Waals surface area contributed by atoms with Gasteiger partial charge in [-0.25, -0.2) is 4.79 Å². The Kier molecular flexibility index (Phi) is 6.94. The molecule has 0 radical (unpaired) electrons. The molecule has 0 saturated carbocycles. The van der Waals surface area contributed by atoms with E-state index >= 15 is 0 Å². The van der Waals surface area contributed by atoms with Gasteiger partial charge in [0.05, 0.1) is 6.42 Å². The number of nitrogens with two attached hydrogens (primary N) is 1. The highest BCUT2D eigenvalue weighted by atomic mass is 16.5. The van der Waals surface area contributed by atoms with Crippen molar-refractivity contribution in [3.63, 3.8) is 0 Å². The summed E-state index contributed by atoms with van der Waals surface area (Å²) in [5, 5.41) is 2.47. The van der Waals surface area contributed by atoms with Gasteiger partial charge in [0, 0.05) is 6.42 Å². The number of ether oxygens (including phenoxy) is 1. The Balaban J connectivity index is 2.58. The van der Waals surface area contributed by atoms with Gasteiger partial charge < -0.3 is 15.8 Å². The van der Waals surface area contributed by atoms with Crippen LogP contribution >= 0.6 is 0 Å². The summed E-state index contributed by atoms with van der Waals surface area (Å²) in [6.07, 6.45) is 0.651. The van der Waals surface area contributed by atoms with Crippen LogP contribution in [0.1, 0.15) is 31.7 Å². The van der Waals surface area contributed by atoms with E-state index in [1.165, 1.54) is 0 Å². The summed E-state index contributed by atoms with van der Waals surface area (Å²) in [6, 6.07) is 8.09. The molecule has 0 heterocycles. The Morgan fingerprint density at radius 1 is 1.24 bits per heavy atom. The summed E-state index contributed by atoms with van der Waals surface area (Å²) in [5.41, 5.74) is 5.91. The molecule has 114 valence electrons. The average molecular weight is 292 g/mol. The molecule has 1 rings (SSSR count). The van der Waals surface area contributed by atoms with Crippen molar-refractivity contribution < 1.29 is 19.1 Å². The predicted octanol–water partition coefficient (Wildman–Crippen LogP) is 0.890. The first kappa shape index (κ1) is 16.7. The number of nitrogens with one attached hydrogen (secondary N) is 1. The number of hydrogen-bond acceptors (Lipinski definition) is 4. The molecule has 1 atom stereocenters. The molecule has 0 spiro atoms. The van der Waals surface area contributed by atoms with Crippen LogP contribution in [0.5, 0.6) is 0 Å². The number of benzene rings is 1. The van der Waals surface area contributed by atoms with Gasteiger partial charge in [0.25, 0.3) is 0 Å². The third-order valence-corrected chi connectivity index (χ3v) is 2.73. The Bertz CT molecular complexity index is 488. The molecule has 0 aliphatic heterocycles. The van der Waals surface area contributed by atoms with Crippen molar-refractivity contribution in [3.05, 3.63) is 35.9 Å². The Labute approximate surface area is 123 Å². The van der Waals surface area contributed by atoms with Gasteiger partial charge in [0.1, 0.15) is 12.6 Å². The van der Waals surface area contributed by atoms with E-state index in [2.05, 4.69) is 5.32 Å². The third-order valence-electron chi connectivity index (χ3n) is 2.73. The highest BCUT2D eigenvalue weighted by Gasteiger charge is 2.24. The van der Waals surface area contributed by atoms with Gasteiger partial charge in [-0.2, -0.15) is 0 Å². The largest absolute Gasteiger partial charge is 0.459 e. The van der Waals surface area contributed by atoms with Crippen LogP contribution in [0.3, 0.4) is 0 Å². The fraction of sp³-hybridized carbons (Fsp3) is 0.400. The van der Waals surface area contributed by atoms with E-state index in [0.29, 0.717) is 6.42 Å². The molecule has 3 N–H and O–H groups in total. The van der Waals surface area contributed by atoms with E-state index in [9.17, 15) is 14.4 Å². The van der Waals surface area contributed by atoms with Gasteiger partial charge in [0.2, 0.25) is 11.8 Å². The highest BCUT2D eigenvalue weighted by molar-refractivity contribution is 5.88. The lowest BCUT2D eigenvalue weighted by molar-refractivity contribution is -0.150. The van der Waals surface area contributed by atoms with Crippen molar-refractivity contribution in [2.75, 3.05) is 0 Å². The van der Waals surface area contributed by atoms with E-state index in [1.54, 1.807) is 0 Å². The lowest BCUT2D eigenvalue weighted by Crippen LogP contribution is -2.44. The summed E-state index contributed by atoms with van der Waals surface area (Å²) in [4.78, 5) is 34.5. The molecule has 0 saturated heterocycles. The average Bonchev–Trinajstić information content (AvgIpc) is 2.45. The molecule has 1 aromatic rings. The Morgan fingerprint density at radius 3 is 2.48 bits per heavy atom. The summed E-state index contributed by atoms with van der Waals surface area (Å²) in [6.45, 7) is 1.93. The first-order valence-corrected chi connectivity index (χ1v) is 6.81. The Morgan fingerprint density at radius 2 is 1.90 bits per heavy atom. The summed E-state index contributed by atoms with van der Waals surface area (Å²) >= 11 is 0. The molecular weight excluding hydrogens is 272 g/mol. The SMILES string of the molecule is CCCC(=O)N[C@H](CC(N)=O)C(=O)OCc1ccccc1. The maximum Gasteiger partial charge on any atom is 0.329 e. The number of carbonyl (C=O) groups excluding carboxylic acids is 3. The summed E-state index contributed by atoms with van der Waals surface area (Å²) < 4.78 is 5.11. The van der Waals surface area contributed by atoms with Crippen LogP contribution in [-0.2, 0) is 25.7 Å². The number of esters is 1. The van der Waals surface area contributed by atoms with Crippen molar-refractivity contribution in [2.24, 2.45) is 5.73 Å². The van der Waals surface area contributed by atoms with Crippen LogP contribution in [0.4, 0.5) is 0 Å². The van der Waals surface area contributed by atoms with Crippen molar-refractivity contribution >= 4 is 17.8 Å². The molecule has 0 unspecified atom stereocenters. The zero-order valence-corrected chi connectivity index (χ0v) is 12.0. The van der Waals surface area contributed by atoms with E-state index in [1.807, 2.05) is 37.3 Å². The van der Waals surface area contributed by atoms with E-state index in [4.69, 9.17) is 10.5 Å². The molecule has 0 aliphatic rings. The van der Waals surface area contributed by atoms with Crippen molar-refractivity contribution in [2.45, 2.75) is 38.8 Å². The number of primary amides is 1. The molecular formula is C15H20N2O4. The fourth-order valence-corrected chi connectivity index (χ4v) is 1.72. The molecule has 21 heavy (non-hydrogen) atoms. The minimum absolute atomic E-state index is 0.0819. The number of hydrogen-bond donors (Lipinski definition) is 2. The van der Waals surface area contributed by atoms with Crippen LogP contribution in [-0.4, -0.2) is 23.8 Å². The smallest absolute Gasteiger partial charge is 0.329 e. The molecule has 2 amide bonds. The molecule has 0 aromatic heterocycles. The Hall–Kier alpha value is -2.37. The quantitative estimate of drug-likeness (QED) is 0.695. The van der Waals surface area contributed by atoms with Crippen LogP contribution in [0, 0.1) is 0 Å². The monoisotopic (exact) mass is 292 g/mol. The molecule has 6 heteroatoms. The summed E-state index contributed by atoms with van der Waals surface area (Å²) in [7, 11) is 0.